The van der Waals surface area contributed by atoms with Gasteiger partial charge in [-0.3, -0.25) is 0 Å². The van der Waals surface area contributed by atoms with Crippen LogP contribution in [0.25, 0.3) is 0 Å². The first-order chi connectivity index (χ1) is 10.3. The number of phenols is 2. The Morgan fingerprint density at radius 1 is 1.14 bits per heavy atom. The summed E-state index contributed by atoms with van der Waals surface area (Å²) in [4.78, 5) is 12.0. The Balaban J connectivity index is 2.23. The summed E-state index contributed by atoms with van der Waals surface area (Å²) < 4.78 is 31.5. The van der Waals surface area contributed by atoms with Crippen LogP contribution in [0, 0.1) is 18.6 Å². The third-order valence-electron chi connectivity index (χ3n) is 3.26. The van der Waals surface area contributed by atoms with E-state index in [2.05, 4.69) is 0 Å². The van der Waals surface area contributed by atoms with E-state index in [-0.39, 0.29) is 11.1 Å². The van der Waals surface area contributed by atoms with Gasteiger partial charge in [0.05, 0.1) is 0 Å². The number of hydrogen-bond acceptors (Lipinski definition) is 4. The lowest BCUT2D eigenvalue weighted by atomic mass is 10.1. The van der Waals surface area contributed by atoms with Gasteiger partial charge in [0.15, 0.2) is 11.5 Å². The third kappa shape index (κ3) is 3.00. The maximum Gasteiger partial charge on any atom is 0.342 e. The summed E-state index contributed by atoms with van der Waals surface area (Å²) in [5.41, 5.74) is 0.162. The number of carbonyl (C=O) groups is 1. The minimum atomic E-state index is -0.990. The van der Waals surface area contributed by atoms with Gasteiger partial charge in [-0.05, 0) is 37.6 Å². The number of aryl methyl sites for hydroxylation is 1. The summed E-state index contributed by atoms with van der Waals surface area (Å²) in [6, 6.07) is 5.65. The van der Waals surface area contributed by atoms with Gasteiger partial charge in [0.1, 0.15) is 23.3 Å². The van der Waals surface area contributed by atoms with E-state index in [4.69, 9.17) is 4.74 Å². The maximum atomic E-state index is 13.6. The first-order valence-corrected chi connectivity index (χ1v) is 6.48. The number of benzene rings is 2. The Morgan fingerprint density at radius 2 is 1.82 bits per heavy atom. The second kappa shape index (κ2) is 6.01. The summed E-state index contributed by atoms with van der Waals surface area (Å²) in [5, 5.41) is 19.4. The number of carbonyl (C=O) groups excluding carboxylic acids is 1. The standard InChI is InChI=1S/C16H14F2O4/c1-8-3-5-12(15(20)14(8)19)16(21)22-9(2)11-6-4-10(17)7-13(11)18/h3-7,9,19-20H,1-2H3. The van der Waals surface area contributed by atoms with Crippen molar-refractivity contribution in [2.45, 2.75) is 20.0 Å². The van der Waals surface area contributed by atoms with Crippen LogP contribution in [-0.2, 0) is 4.74 Å². The van der Waals surface area contributed by atoms with Gasteiger partial charge < -0.3 is 14.9 Å². The number of phenolic OH excluding ortho intramolecular Hbond substituents is 2. The van der Waals surface area contributed by atoms with Crippen LogP contribution < -0.4 is 0 Å². The zero-order chi connectivity index (χ0) is 16.4. The first kappa shape index (κ1) is 15.8. The number of hydrogen-bond donors (Lipinski definition) is 2. The normalized spacial score (nSPS) is 12.0. The summed E-state index contributed by atoms with van der Waals surface area (Å²) in [5.74, 6) is -3.52. The minimum Gasteiger partial charge on any atom is -0.504 e. The molecule has 0 saturated heterocycles. The fraction of sp³-hybridized carbons (Fsp3) is 0.188. The van der Waals surface area contributed by atoms with E-state index in [0.29, 0.717) is 11.6 Å². The summed E-state index contributed by atoms with van der Waals surface area (Å²) >= 11 is 0. The van der Waals surface area contributed by atoms with Gasteiger partial charge in [0, 0.05) is 11.6 Å². The largest absolute Gasteiger partial charge is 0.504 e. The van der Waals surface area contributed by atoms with Crippen LogP contribution in [-0.4, -0.2) is 16.2 Å². The van der Waals surface area contributed by atoms with Crippen molar-refractivity contribution in [2.24, 2.45) is 0 Å². The van der Waals surface area contributed by atoms with Gasteiger partial charge in [-0.15, -0.1) is 0 Å². The lowest BCUT2D eigenvalue weighted by molar-refractivity contribution is 0.0327. The number of halogens is 2. The number of ether oxygens (including phenoxy) is 1. The molecule has 0 saturated carbocycles. The topological polar surface area (TPSA) is 66.8 Å². The quantitative estimate of drug-likeness (QED) is 0.671. The summed E-state index contributed by atoms with van der Waals surface area (Å²) in [7, 11) is 0. The van der Waals surface area contributed by atoms with Crippen LogP contribution in [0.5, 0.6) is 11.5 Å². The number of aromatic hydroxyl groups is 2. The first-order valence-electron chi connectivity index (χ1n) is 6.48. The molecule has 0 aliphatic rings. The highest BCUT2D eigenvalue weighted by atomic mass is 19.1. The van der Waals surface area contributed by atoms with Crippen LogP contribution in [0.1, 0.15) is 34.5 Å². The van der Waals surface area contributed by atoms with Gasteiger partial charge in [0.25, 0.3) is 0 Å². The molecule has 22 heavy (non-hydrogen) atoms. The fourth-order valence-electron chi connectivity index (χ4n) is 1.96. The van der Waals surface area contributed by atoms with Crippen molar-refractivity contribution in [1.29, 1.82) is 0 Å². The van der Waals surface area contributed by atoms with E-state index in [0.717, 1.165) is 6.07 Å². The molecule has 2 N–H and O–H groups in total. The second-order valence-electron chi connectivity index (χ2n) is 4.84. The molecular weight excluding hydrogens is 294 g/mol. The molecule has 0 aliphatic heterocycles. The van der Waals surface area contributed by atoms with E-state index in [1.807, 2.05) is 0 Å². The molecule has 0 bridgehead atoms. The SMILES string of the molecule is Cc1ccc(C(=O)OC(C)c2ccc(F)cc2F)c(O)c1O. The average Bonchev–Trinajstić information content (AvgIpc) is 2.44. The zero-order valence-electron chi connectivity index (χ0n) is 11.9. The van der Waals surface area contributed by atoms with Crippen molar-refractivity contribution >= 4 is 5.97 Å². The Morgan fingerprint density at radius 3 is 2.45 bits per heavy atom. The van der Waals surface area contributed by atoms with Crippen LogP contribution in [0.2, 0.25) is 0 Å². The van der Waals surface area contributed by atoms with E-state index in [1.54, 1.807) is 6.92 Å². The van der Waals surface area contributed by atoms with Crippen LogP contribution in [0.3, 0.4) is 0 Å². The average molecular weight is 308 g/mol. The van der Waals surface area contributed by atoms with Crippen molar-refractivity contribution in [2.75, 3.05) is 0 Å². The Labute approximate surface area is 125 Å². The molecule has 4 nitrogen and oxygen atoms in total. The van der Waals surface area contributed by atoms with Gasteiger partial charge in [0.2, 0.25) is 0 Å². The Bertz CT molecular complexity index is 728. The van der Waals surface area contributed by atoms with Gasteiger partial charge in [-0.25, -0.2) is 13.6 Å². The van der Waals surface area contributed by atoms with E-state index >= 15 is 0 Å². The predicted molar refractivity (Wildman–Crippen MR) is 74.7 cm³/mol. The molecule has 116 valence electrons. The third-order valence-corrected chi connectivity index (χ3v) is 3.26. The van der Waals surface area contributed by atoms with Crippen molar-refractivity contribution in [1.82, 2.24) is 0 Å². The molecule has 0 spiro atoms. The van der Waals surface area contributed by atoms with Gasteiger partial charge in [-0.1, -0.05) is 6.07 Å². The van der Waals surface area contributed by atoms with Crippen molar-refractivity contribution in [3.63, 3.8) is 0 Å². The molecule has 1 atom stereocenters. The van der Waals surface area contributed by atoms with Gasteiger partial charge >= 0.3 is 5.97 Å². The van der Waals surface area contributed by atoms with Crippen LogP contribution in [0.15, 0.2) is 30.3 Å². The number of esters is 1. The highest BCUT2D eigenvalue weighted by molar-refractivity contribution is 5.93. The van der Waals surface area contributed by atoms with Crippen molar-refractivity contribution in [3.05, 3.63) is 58.7 Å². The van der Waals surface area contributed by atoms with E-state index < -0.39 is 35.2 Å². The summed E-state index contributed by atoms with van der Waals surface area (Å²) in [6.45, 7) is 2.97. The van der Waals surface area contributed by atoms with Crippen LogP contribution in [0.4, 0.5) is 8.78 Å². The van der Waals surface area contributed by atoms with Crippen LogP contribution >= 0.6 is 0 Å². The molecule has 1 unspecified atom stereocenters. The number of rotatable bonds is 3. The highest BCUT2D eigenvalue weighted by Crippen LogP contribution is 2.33. The molecule has 0 amide bonds. The fourth-order valence-corrected chi connectivity index (χ4v) is 1.96. The molecule has 2 aromatic rings. The smallest absolute Gasteiger partial charge is 0.342 e. The molecule has 0 aromatic heterocycles. The lowest BCUT2D eigenvalue weighted by Gasteiger charge is -2.15. The molecule has 0 fully saturated rings. The highest BCUT2D eigenvalue weighted by Gasteiger charge is 2.21. The molecule has 0 radical (unpaired) electrons. The molecular formula is C16H14F2O4. The Kier molecular flexibility index (Phi) is 4.30. The maximum absolute atomic E-state index is 13.6. The Hall–Kier alpha value is -2.63. The second-order valence-corrected chi connectivity index (χ2v) is 4.84. The molecule has 0 aliphatic carbocycles. The van der Waals surface area contributed by atoms with Crippen molar-refractivity contribution in [3.8, 4) is 11.5 Å². The monoisotopic (exact) mass is 308 g/mol. The molecule has 2 aromatic carbocycles. The summed E-state index contributed by atoms with van der Waals surface area (Å²) in [6.07, 6.45) is -0.990. The zero-order valence-corrected chi connectivity index (χ0v) is 11.9. The molecule has 2 rings (SSSR count). The minimum absolute atomic E-state index is 0.00516. The van der Waals surface area contributed by atoms with E-state index in [9.17, 15) is 23.8 Å². The van der Waals surface area contributed by atoms with Gasteiger partial charge in [-0.2, -0.15) is 0 Å². The molecule has 6 heteroatoms. The van der Waals surface area contributed by atoms with Crippen molar-refractivity contribution < 1.29 is 28.5 Å². The lowest BCUT2D eigenvalue weighted by Crippen LogP contribution is -2.11. The molecule has 0 heterocycles. The van der Waals surface area contributed by atoms with E-state index in [1.165, 1.54) is 25.1 Å². The predicted octanol–water partition coefficient (Wildman–Crippen LogP) is 3.60.